The highest BCUT2D eigenvalue weighted by Gasteiger charge is 2.26. The Kier molecular flexibility index (Phi) is 5.41. The summed E-state index contributed by atoms with van der Waals surface area (Å²) >= 11 is 0. The van der Waals surface area contributed by atoms with Crippen LogP contribution in [0.3, 0.4) is 0 Å². The van der Waals surface area contributed by atoms with Gasteiger partial charge in [-0.2, -0.15) is 0 Å². The first-order valence-corrected chi connectivity index (χ1v) is 7.26. The van der Waals surface area contributed by atoms with Crippen LogP contribution in [0.5, 0.6) is 5.75 Å². The molecule has 2 rings (SSSR count). The van der Waals surface area contributed by atoms with Gasteiger partial charge in [0.15, 0.2) is 0 Å². The van der Waals surface area contributed by atoms with Crippen molar-refractivity contribution in [1.29, 1.82) is 0 Å². The van der Waals surface area contributed by atoms with Crippen molar-refractivity contribution in [1.82, 2.24) is 5.32 Å². The monoisotopic (exact) mass is 304 g/mol. The van der Waals surface area contributed by atoms with E-state index in [1.165, 1.54) is 6.26 Å². The molecule has 1 aromatic carbocycles. The minimum Gasteiger partial charge on any atom is -0.481 e. The molecule has 0 saturated heterocycles. The smallest absolute Gasteiger partial charge is 0.319 e. The third-order valence-corrected chi connectivity index (χ3v) is 3.74. The zero-order chi connectivity index (χ0) is 15.9. The first-order valence-electron chi connectivity index (χ1n) is 7.26. The number of nitrogens with one attached hydrogen (secondary N) is 2. The maximum atomic E-state index is 11.9. The fourth-order valence-corrected chi connectivity index (χ4v) is 2.55. The summed E-state index contributed by atoms with van der Waals surface area (Å²) in [7, 11) is 0. The number of amides is 2. The molecule has 1 aliphatic rings. The highest BCUT2D eigenvalue weighted by molar-refractivity contribution is 5.89. The van der Waals surface area contributed by atoms with Crippen LogP contribution in [0.25, 0.3) is 0 Å². The Morgan fingerprint density at radius 2 is 1.82 bits per heavy atom. The third-order valence-electron chi connectivity index (χ3n) is 3.74. The Hall–Kier alpha value is -2.50. The average molecular weight is 304 g/mol. The number of rotatable bonds is 5. The molecule has 1 fully saturated rings. The zero-order valence-electron chi connectivity index (χ0n) is 12.2. The lowest BCUT2D eigenvalue weighted by Gasteiger charge is -2.26. The summed E-state index contributed by atoms with van der Waals surface area (Å²) in [6.07, 6.45) is 3.93. The van der Waals surface area contributed by atoms with E-state index in [1.807, 2.05) is 0 Å². The highest BCUT2D eigenvalue weighted by Crippen LogP contribution is 2.24. The van der Waals surface area contributed by atoms with Crippen LogP contribution in [0, 0.1) is 5.92 Å². The van der Waals surface area contributed by atoms with Gasteiger partial charge in [0.1, 0.15) is 5.75 Å². The predicted molar refractivity (Wildman–Crippen MR) is 82.8 cm³/mol. The minimum atomic E-state index is -0.746. The van der Waals surface area contributed by atoms with Gasteiger partial charge in [-0.05, 0) is 49.9 Å². The number of anilines is 1. The van der Waals surface area contributed by atoms with Gasteiger partial charge in [0.25, 0.3) is 0 Å². The molecule has 0 aliphatic heterocycles. The van der Waals surface area contributed by atoms with Gasteiger partial charge in [-0.1, -0.05) is 6.58 Å². The normalized spacial score (nSPS) is 20.7. The van der Waals surface area contributed by atoms with E-state index in [-0.39, 0.29) is 18.0 Å². The summed E-state index contributed by atoms with van der Waals surface area (Å²) in [6.45, 7) is 3.47. The summed E-state index contributed by atoms with van der Waals surface area (Å²) in [6, 6.07) is 6.68. The number of benzene rings is 1. The van der Waals surface area contributed by atoms with Gasteiger partial charge in [-0.25, -0.2) is 4.79 Å². The van der Waals surface area contributed by atoms with Gasteiger partial charge in [0.2, 0.25) is 0 Å². The Balaban J connectivity index is 1.78. The van der Waals surface area contributed by atoms with E-state index in [4.69, 9.17) is 9.84 Å². The Morgan fingerprint density at radius 1 is 1.18 bits per heavy atom. The molecule has 118 valence electrons. The van der Waals surface area contributed by atoms with Gasteiger partial charge in [-0.15, -0.1) is 0 Å². The van der Waals surface area contributed by atoms with Crippen molar-refractivity contribution < 1.29 is 19.4 Å². The predicted octanol–water partition coefficient (Wildman–Crippen LogP) is 2.97. The molecule has 22 heavy (non-hydrogen) atoms. The lowest BCUT2D eigenvalue weighted by Crippen LogP contribution is -2.40. The lowest BCUT2D eigenvalue weighted by atomic mass is 9.86. The summed E-state index contributed by atoms with van der Waals surface area (Å²) in [5, 5.41) is 14.6. The van der Waals surface area contributed by atoms with Gasteiger partial charge in [0.05, 0.1) is 12.2 Å². The quantitative estimate of drug-likeness (QED) is 0.730. The summed E-state index contributed by atoms with van der Waals surface area (Å²) in [5.74, 6) is -0.379. The maximum absolute atomic E-state index is 11.9. The second kappa shape index (κ2) is 7.49. The molecule has 6 heteroatoms. The van der Waals surface area contributed by atoms with E-state index >= 15 is 0 Å². The van der Waals surface area contributed by atoms with Crippen LogP contribution in [-0.4, -0.2) is 23.1 Å². The third kappa shape index (κ3) is 4.51. The van der Waals surface area contributed by atoms with Crippen LogP contribution in [-0.2, 0) is 4.79 Å². The number of aliphatic carboxylic acids is 1. The Bertz CT molecular complexity index is 534. The second-order valence-corrected chi connectivity index (χ2v) is 5.29. The van der Waals surface area contributed by atoms with E-state index in [0.29, 0.717) is 37.1 Å². The number of hydrogen-bond donors (Lipinski definition) is 3. The Morgan fingerprint density at radius 3 is 2.36 bits per heavy atom. The average Bonchev–Trinajstić information content (AvgIpc) is 2.50. The molecule has 0 unspecified atom stereocenters. The van der Waals surface area contributed by atoms with Crippen molar-refractivity contribution in [2.45, 2.75) is 31.7 Å². The van der Waals surface area contributed by atoms with Crippen LogP contribution >= 0.6 is 0 Å². The van der Waals surface area contributed by atoms with Crippen molar-refractivity contribution in [2.75, 3.05) is 5.32 Å². The standard InChI is InChI=1S/C16H20N2O4/c1-2-22-14-9-7-13(8-10-14)18-16(21)17-12-5-3-11(4-6-12)15(19)20/h2,7-12H,1,3-6H2,(H,19,20)(H2,17,18,21). The van der Waals surface area contributed by atoms with Crippen LogP contribution in [0.4, 0.5) is 10.5 Å². The van der Waals surface area contributed by atoms with Crippen LogP contribution < -0.4 is 15.4 Å². The first-order chi connectivity index (χ1) is 10.6. The molecule has 0 heterocycles. The van der Waals surface area contributed by atoms with Crippen molar-refractivity contribution in [3.05, 3.63) is 37.1 Å². The number of carboxylic acids is 1. The van der Waals surface area contributed by atoms with Crippen molar-refractivity contribution >= 4 is 17.7 Å². The molecule has 0 aromatic heterocycles. The zero-order valence-corrected chi connectivity index (χ0v) is 12.2. The van der Waals surface area contributed by atoms with E-state index in [9.17, 15) is 9.59 Å². The first kappa shape index (κ1) is 15.9. The molecule has 0 spiro atoms. The lowest BCUT2D eigenvalue weighted by molar-refractivity contribution is -0.142. The summed E-state index contributed by atoms with van der Waals surface area (Å²) < 4.78 is 5.10. The fourth-order valence-electron chi connectivity index (χ4n) is 2.55. The molecular weight excluding hydrogens is 284 g/mol. The van der Waals surface area contributed by atoms with Crippen LogP contribution in [0.15, 0.2) is 37.1 Å². The van der Waals surface area contributed by atoms with E-state index in [1.54, 1.807) is 24.3 Å². The largest absolute Gasteiger partial charge is 0.481 e. The van der Waals surface area contributed by atoms with Crippen molar-refractivity contribution in [2.24, 2.45) is 5.92 Å². The second-order valence-electron chi connectivity index (χ2n) is 5.29. The molecule has 0 radical (unpaired) electrons. The highest BCUT2D eigenvalue weighted by atomic mass is 16.5. The molecule has 1 aliphatic carbocycles. The summed E-state index contributed by atoms with van der Waals surface area (Å²) in [5.41, 5.74) is 0.660. The maximum Gasteiger partial charge on any atom is 0.319 e. The molecule has 6 nitrogen and oxygen atoms in total. The van der Waals surface area contributed by atoms with Crippen molar-refractivity contribution in [3.63, 3.8) is 0 Å². The SMILES string of the molecule is C=COc1ccc(NC(=O)NC2CCC(C(=O)O)CC2)cc1. The van der Waals surface area contributed by atoms with Gasteiger partial charge in [0, 0.05) is 11.7 Å². The Labute approximate surface area is 129 Å². The van der Waals surface area contributed by atoms with E-state index in [0.717, 1.165) is 0 Å². The molecular formula is C16H20N2O4. The number of carbonyl (C=O) groups is 2. The minimum absolute atomic E-state index is 0.0268. The summed E-state index contributed by atoms with van der Waals surface area (Å²) in [4.78, 5) is 22.8. The van der Waals surface area contributed by atoms with Crippen molar-refractivity contribution in [3.8, 4) is 5.75 Å². The van der Waals surface area contributed by atoms with Crippen LogP contribution in [0.2, 0.25) is 0 Å². The number of hydrogen-bond acceptors (Lipinski definition) is 3. The number of ether oxygens (including phenoxy) is 1. The molecule has 3 N–H and O–H groups in total. The topological polar surface area (TPSA) is 87.7 Å². The van der Waals surface area contributed by atoms with Gasteiger partial charge < -0.3 is 20.5 Å². The van der Waals surface area contributed by atoms with Gasteiger partial charge >= 0.3 is 12.0 Å². The molecule has 0 bridgehead atoms. The fraction of sp³-hybridized carbons (Fsp3) is 0.375. The molecule has 0 atom stereocenters. The number of carboxylic acid groups (broad SMARTS) is 1. The molecule has 2 amide bonds. The van der Waals surface area contributed by atoms with E-state index < -0.39 is 5.97 Å². The van der Waals surface area contributed by atoms with Crippen LogP contribution in [0.1, 0.15) is 25.7 Å². The molecule has 1 aromatic rings. The molecule has 1 saturated carbocycles. The number of carbonyl (C=O) groups excluding carboxylic acids is 1. The number of urea groups is 1. The van der Waals surface area contributed by atoms with Gasteiger partial charge in [-0.3, -0.25) is 4.79 Å². The van der Waals surface area contributed by atoms with E-state index in [2.05, 4.69) is 17.2 Å².